The molecule has 108 valence electrons. The first-order valence-electron chi connectivity index (χ1n) is 7.03. The molecule has 0 unspecified atom stereocenters. The van der Waals surface area contributed by atoms with Gasteiger partial charge in [-0.05, 0) is 24.6 Å². The summed E-state index contributed by atoms with van der Waals surface area (Å²) in [6, 6.07) is 12.4. The third kappa shape index (κ3) is 2.57. The van der Waals surface area contributed by atoms with Gasteiger partial charge < -0.3 is 15.8 Å². The van der Waals surface area contributed by atoms with E-state index >= 15 is 0 Å². The molecule has 0 aromatic heterocycles. The third-order valence-corrected chi connectivity index (χ3v) is 3.57. The molecule has 0 fully saturated rings. The first-order chi connectivity index (χ1) is 10.2. The van der Waals surface area contributed by atoms with Gasteiger partial charge in [-0.1, -0.05) is 24.3 Å². The van der Waals surface area contributed by atoms with E-state index in [2.05, 4.69) is 29.4 Å². The maximum atomic E-state index is 6.11. The highest BCUT2D eigenvalue weighted by atomic mass is 16.5. The minimum absolute atomic E-state index is 0.294. The van der Waals surface area contributed by atoms with Crippen LogP contribution >= 0.6 is 0 Å². The molecular formula is C17H19N3O. The fraction of sp³-hybridized carbons (Fsp3) is 0.235. The minimum Gasteiger partial charge on any atom is -0.489 e. The smallest absolute Gasteiger partial charge is 0.143 e. The van der Waals surface area contributed by atoms with Gasteiger partial charge in [0.05, 0.1) is 11.7 Å². The number of nitrogen functional groups attached to an aromatic ring is 1. The quantitative estimate of drug-likeness (QED) is 0.656. The zero-order chi connectivity index (χ0) is 14.8. The van der Waals surface area contributed by atoms with Gasteiger partial charge in [-0.25, -0.2) is 0 Å². The van der Waals surface area contributed by atoms with Gasteiger partial charge in [-0.15, -0.1) is 0 Å². The average molecular weight is 281 g/mol. The number of hydrogen-bond acceptors (Lipinski definition) is 4. The number of aliphatic imine (C=N–C) groups is 1. The standard InChI is InChI=1S/C17H19N3O/c1-11-10-21-16-5-3-4-14(17(16)20-11)12-6-7-13(9-19-2)15(18)8-12/h3-9,11,20H,10,18H2,1-2H3/t11-/m1/s1. The molecular weight excluding hydrogens is 262 g/mol. The van der Waals surface area contributed by atoms with E-state index in [0.29, 0.717) is 12.6 Å². The van der Waals surface area contributed by atoms with E-state index in [1.165, 1.54) is 0 Å². The predicted molar refractivity (Wildman–Crippen MR) is 88.4 cm³/mol. The maximum absolute atomic E-state index is 6.11. The third-order valence-electron chi connectivity index (χ3n) is 3.57. The van der Waals surface area contributed by atoms with Gasteiger partial charge in [0.15, 0.2) is 0 Å². The molecule has 0 aliphatic carbocycles. The van der Waals surface area contributed by atoms with Crippen LogP contribution < -0.4 is 15.8 Å². The van der Waals surface area contributed by atoms with Crippen LogP contribution in [0.2, 0.25) is 0 Å². The molecule has 1 heterocycles. The Kier molecular flexibility index (Phi) is 3.52. The summed E-state index contributed by atoms with van der Waals surface area (Å²) in [4.78, 5) is 4.01. The molecule has 1 atom stereocenters. The summed E-state index contributed by atoms with van der Waals surface area (Å²) in [5.74, 6) is 0.892. The van der Waals surface area contributed by atoms with Crippen molar-refractivity contribution in [3.63, 3.8) is 0 Å². The average Bonchev–Trinajstić information content (AvgIpc) is 2.49. The number of ether oxygens (including phenoxy) is 1. The van der Waals surface area contributed by atoms with E-state index in [4.69, 9.17) is 10.5 Å². The Hall–Kier alpha value is -2.49. The highest BCUT2D eigenvalue weighted by molar-refractivity contribution is 5.91. The SMILES string of the molecule is CN=Cc1ccc(-c2cccc3c2N[C@H](C)CO3)cc1N. The van der Waals surface area contributed by atoms with Gasteiger partial charge in [0.2, 0.25) is 0 Å². The van der Waals surface area contributed by atoms with E-state index in [1.807, 2.05) is 24.3 Å². The molecule has 2 aromatic rings. The second kappa shape index (κ2) is 5.48. The topological polar surface area (TPSA) is 59.6 Å². The molecule has 21 heavy (non-hydrogen) atoms. The molecule has 2 aromatic carbocycles. The molecule has 0 bridgehead atoms. The Morgan fingerprint density at radius 2 is 2.19 bits per heavy atom. The molecule has 0 amide bonds. The fourth-order valence-corrected chi connectivity index (χ4v) is 2.54. The Bertz CT molecular complexity index is 694. The van der Waals surface area contributed by atoms with Crippen molar-refractivity contribution in [3.8, 4) is 16.9 Å². The summed E-state index contributed by atoms with van der Waals surface area (Å²) in [7, 11) is 1.74. The number of benzene rings is 2. The Balaban J connectivity index is 2.07. The monoisotopic (exact) mass is 281 g/mol. The van der Waals surface area contributed by atoms with Crippen LogP contribution in [-0.4, -0.2) is 25.9 Å². The van der Waals surface area contributed by atoms with E-state index < -0.39 is 0 Å². The lowest BCUT2D eigenvalue weighted by atomic mass is 9.99. The summed E-state index contributed by atoms with van der Waals surface area (Å²) in [6.07, 6.45) is 1.77. The lowest BCUT2D eigenvalue weighted by Gasteiger charge is -2.27. The van der Waals surface area contributed by atoms with Crippen LogP contribution in [0.25, 0.3) is 11.1 Å². The van der Waals surface area contributed by atoms with E-state index in [1.54, 1.807) is 13.3 Å². The van der Waals surface area contributed by atoms with Crippen LogP contribution in [0, 0.1) is 0 Å². The Morgan fingerprint density at radius 3 is 2.95 bits per heavy atom. The van der Waals surface area contributed by atoms with Crippen molar-refractivity contribution in [1.82, 2.24) is 0 Å². The van der Waals surface area contributed by atoms with Crippen molar-refractivity contribution in [1.29, 1.82) is 0 Å². The zero-order valence-electron chi connectivity index (χ0n) is 12.3. The number of rotatable bonds is 2. The van der Waals surface area contributed by atoms with Gasteiger partial charge in [0.1, 0.15) is 12.4 Å². The molecule has 0 saturated carbocycles. The van der Waals surface area contributed by atoms with Crippen molar-refractivity contribution in [2.75, 3.05) is 24.7 Å². The van der Waals surface area contributed by atoms with Crippen LogP contribution in [0.15, 0.2) is 41.4 Å². The maximum Gasteiger partial charge on any atom is 0.143 e. The van der Waals surface area contributed by atoms with Crippen molar-refractivity contribution < 1.29 is 4.74 Å². The number of nitrogens with two attached hydrogens (primary N) is 1. The largest absolute Gasteiger partial charge is 0.489 e. The van der Waals surface area contributed by atoms with E-state index in [9.17, 15) is 0 Å². The number of para-hydroxylation sites is 1. The molecule has 0 radical (unpaired) electrons. The second-order valence-electron chi connectivity index (χ2n) is 5.27. The first kappa shape index (κ1) is 13.5. The Labute approximate surface area is 124 Å². The number of fused-ring (bicyclic) bond motifs is 1. The van der Waals surface area contributed by atoms with E-state index in [0.717, 1.165) is 33.8 Å². The molecule has 4 nitrogen and oxygen atoms in total. The van der Waals surface area contributed by atoms with Crippen LogP contribution in [0.5, 0.6) is 5.75 Å². The van der Waals surface area contributed by atoms with Gasteiger partial charge in [0.25, 0.3) is 0 Å². The predicted octanol–water partition coefficient (Wildman–Crippen LogP) is 3.18. The molecule has 3 rings (SSSR count). The van der Waals surface area contributed by atoms with Crippen LogP contribution in [0.4, 0.5) is 11.4 Å². The first-order valence-corrected chi connectivity index (χ1v) is 7.03. The van der Waals surface area contributed by atoms with Crippen LogP contribution in [-0.2, 0) is 0 Å². The summed E-state index contributed by atoms with van der Waals surface area (Å²) in [5.41, 5.74) is 11.0. The van der Waals surface area contributed by atoms with Crippen molar-refractivity contribution in [2.24, 2.45) is 4.99 Å². The molecule has 3 N–H and O–H groups in total. The fourth-order valence-electron chi connectivity index (χ4n) is 2.54. The van der Waals surface area contributed by atoms with Gasteiger partial charge in [0, 0.05) is 30.1 Å². The molecule has 0 saturated heterocycles. The van der Waals surface area contributed by atoms with Crippen molar-refractivity contribution in [3.05, 3.63) is 42.0 Å². The van der Waals surface area contributed by atoms with Crippen LogP contribution in [0.3, 0.4) is 0 Å². The highest BCUT2D eigenvalue weighted by Gasteiger charge is 2.19. The number of nitrogens with zero attached hydrogens (tertiary/aromatic N) is 1. The second-order valence-corrected chi connectivity index (χ2v) is 5.27. The lowest BCUT2D eigenvalue weighted by molar-refractivity contribution is 0.292. The summed E-state index contributed by atoms with van der Waals surface area (Å²) < 4.78 is 5.78. The number of anilines is 2. The molecule has 1 aliphatic heterocycles. The number of nitrogens with one attached hydrogen (secondary N) is 1. The molecule has 1 aliphatic rings. The van der Waals surface area contributed by atoms with Gasteiger partial charge in [-0.2, -0.15) is 0 Å². The summed E-state index contributed by atoms with van der Waals surface area (Å²) in [6.45, 7) is 2.79. The van der Waals surface area contributed by atoms with Crippen molar-refractivity contribution in [2.45, 2.75) is 13.0 Å². The zero-order valence-corrected chi connectivity index (χ0v) is 12.3. The van der Waals surface area contributed by atoms with Gasteiger partial charge >= 0.3 is 0 Å². The summed E-state index contributed by atoms with van der Waals surface area (Å²) >= 11 is 0. The van der Waals surface area contributed by atoms with Crippen molar-refractivity contribution >= 4 is 17.6 Å². The van der Waals surface area contributed by atoms with Crippen LogP contribution in [0.1, 0.15) is 12.5 Å². The lowest BCUT2D eigenvalue weighted by Crippen LogP contribution is -2.28. The molecule has 0 spiro atoms. The highest BCUT2D eigenvalue weighted by Crippen LogP contribution is 2.39. The summed E-state index contributed by atoms with van der Waals surface area (Å²) in [5, 5.41) is 3.49. The Morgan fingerprint density at radius 1 is 1.33 bits per heavy atom. The van der Waals surface area contributed by atoms with Gasteiger partial charge in [-0.3, -0.25) is 4.99 Å². The minimum atomic E-state index is 0.294. The normalized spacial score (nSPS) is 17.1. The molecule has 4 heteroatoms. The van der Waals surface area contributed by atoms with E-state index in [-0.39, 0.29) is 0 Å². The number of hydrogen-bond donors (Lipinski definition) is 2.